The summed E-state index contributed by atoms with van der Waals surface area (Å²) in [6.45, 7) is 4.89. The van der Waals surface area contributed by atoms with Gasteiger partial charge in [0, 0.05) is 24.6 Å². The number of benzene rings is 1. The molecule has 0 bridgehead atoms. The van der Waals surface area contributed by atoms with E-state index in [2.05, 4.69) is 19.2 Å². The molecule has 1 N–H and O–H groups in total. The fourth-order valence-corrected chi connectivity index (χ4v) is 3.42. The molecule has 1 aromatic rings. The average molecular weight is 318 g/mol. The minimum absolute atomic E-state index is 0.138. The number of carbonyl (C=O) groups excluding carboxylic acids is 2. The Kier molecular flexibility index (Phi) is 5.66. The molecule has 0 radical (unpaired) electrons. The lowest BCUT2D eigenvalue weighted by Gasteiger charge is -2.26. The van der Waals surface area contributed by atoms with Gasteiger partial charge in [-0.1, -0.05) is 50.6 Å². The highest BCUT2D eigenvalue weighted by Crippen LogP contribution is 2.40. The van der Waals surface area contributed by atoms with E-state index in [1.807, 2.05) is 24.3 Å². The number of nitrogens with one attached hydrogen (secondary N) is 1. The topological polar surface area (TPSA) is 49.4 Å². The number of hydrogen-bond donors (Lipinski definition) is 1. The van der Waals surface area contributed by atoms with E-state index < -0.39 is 0 Å². The Balaban J connectivity index is 2.09. The van der Waals surface area contributed by atoms with Crippen LogP contribution in [0.5, 0.6) is 0 Å². The van der Waals surface area contributed by atoms with Crippen molar-refractivity contribution < 1.29 is 9.59 Å². The third kappa shape index (κ3) is 3.71. The number of anilines is 1. The summed E-state index contributed by atoms with van der Waals surface area (Å²) >= 11 is 1.35. The Morgan fingerprint density at radius 2 is 2.00 bits per heavy atom. The van der Waals surface area contributed by atoms with Crippen LogP contribution in [0, 0.1) is 5.92 Å². The van der Waals surface area contributed by atoms with E-state index >= 15 is 0 Å². The highest BCUT2D eigenvalue weighted by Gasteiger charge is 2.26. The quantitative estimate of drug-likeness (QED) is 0.848. The summed E-state index contributed by atoms with van der Waals surface area (Å²) in [6, 6.07) is 7.70. The number of thioether (sulfide) groups is 1. The molecule has 118 valence electrons. The first-order valence-corrected chi connectivity index (χ1v) is 8.42. The van der Waals surface area contributed by atoms with Gasteiger partial charge in [-0.3, -0.25) is 9.59 Å². The van der Waals surface area contributed by atoms with Gasteiger partial charge >= 0.3 is 0 Å². The fourth-order valence-electron chi connectivity index (χ4n) is 2.34. The van der Waals surface area contributed by atoms with Gasteiger partial charge in [0.1, 0.15) is 0 Å². The van der Waals surface area contributed by atoms with Crippen LogP contribution >= 0.6 is 11.8 Å². The molecule has 4 nitrogen and oxygen atoms in total. The number of nitrogens with zero attached hydrogens (tertiary/aromatic N) is 1. The van der Waals surface area contributed by atoms with Crippen LogP contribution in [-0.2, 0) is 9.59 Å². The summed E-state index contributed by atoms with van der Waals surface area (Å²) < 4.78 is 0. The Bertz CT molecular complexity index is 594. The summed E-state index contributed by atoms with van der Waals surface area (Å²) in [5, 5.41) is 2.89. The first-order valence-electron chi connectivity index (χ1n) is 7.61. The van der Waals surface area contributed by atoms with Gasteiger partial charge in [-0.15, -0.1) is 0 Å². The van der Waals surface area contributed by atoms with Crippen molar-refractivity contribution in [3.05, 3.63) is 35.2 Å². The van der Waals surface area contributed by atoms with E-state index in [0.717, 1.165) is 23.4 Å². The lowest BCUT2D eigenvalue weighted by atomic mass is 10.0. The molecule has 0 saturated carbocycles. The molecule has 2 rings (SSSR count). The van der Waals surface area contributed by atoms with Gasteiger partial charge in [0.2, 0.25) is 5.91 Å². The van der Waals surface area contributed by atoms with E-state index in [-0.39, 0.29) is 11.8 Å². The Morgan fingerprint density at radius 3 is 2.68 bits per heavy atom. The molecule has 0 spiro atoms. The van der Waals surface area contributed by atoms with Gasteiger partial charge in [-0.25, -0.2) is 0 Å². The van der Waals surface area contributed by atoms with Gasteiger partial charge in [-0.05, 0) is 18.1 Å². The molecule has 2 amide bonds. The summed E-state index contributed by atoms with van der Waals surface area (Å²) in [4.78, 5) is 27.4. The van der Waals surface area contributed by atoms with E-state index in [1.54, 1.807) is 11.9 Å². The Morgan fingerprint density at radius 1 is 1.32 bits per heavy atom. The van der Waals surface area contributed by atoms with Crippen molar-refractivity contribution in [2.75, 3.05) is 18.5 Å². The van der Waals surface area contributed by atoms with Gasteiger partial charge in [0.15, 0.2) is 0 Å². The molecule has 5 heteroatoms. The van der Waals surface area contributed by atoms with Crippen molar-refractivity contribution in [1.29, 1.82) is 0 Å². The van der Waals surface area contributed by atoms with Crippen molar-refractivity contribution in [1.82, 2.24) is 5.32 Å². The number of hydrogen-bond acceptors (Lipinski definition) is 3. The Hall–Kier alpha value is -1.75. The second-order valence-electron chi connectivity index (χ2n) is 5.37. The smallest absolute Gasteiger partial charge is 0.265 e. The number of rotatable bonds is 5. The molecule has 22 heavy (non-hydrogen) atoms. The maximum Gasteiger partial charge on any atom is 0.265 e. The maximum atomic E-state index is 12.3. The van der Waals surface area contributed by atoms with Crippen LogP contribution in [-0.4, -0.2) is 25.4 Å². The molecule has 1 heterocycles. The highest BCUT2D eigenvalue weighted by molar-refractivity contribution is 8.04. The summed E-state index contributed by atoms with van der Waals surface area (Å²) in [5.74, 6) is 0.150. The van der Waals surface area contributed by atoms with Crippen molar-refractivity contribution in [2.24, 2.45) is 5.92 Å². The van der Waals surface area contributed by atoms with E-state index in [4.69, 9.17) is 0 Å². The van der Waals surface area contributed by atoms with E-state index in [0.29, 0.717) is 17.4 Å². The monoisotopic (exact) mass is 318 g/mol. The molecule has 0 aromatic heterocycles. The van der Waals surface area contributed by atoms with E-state index in [9.17, 15) is 9.59 Å². The largest absolute Gasteiger partial charge is 0.352 e. The molecular weight excluding hydrogens is 296 g/mol. The SMILES string of the molecule is CCC(CC)CNC(=O)C=C1Sc2ccccc2N(C)C1=O. The molecule has 0 atom stereocenters. The van der Waals surface area contributed by atoms with Gasteiger partial charge in [-0.2, -0.15) is 0 Å². The minimum Gasteiger partial charge on any atom is -0.352 e. The highest BCUT2D eigenvalue weighted by atomic mass is 32.2. The minimum atomic E-state index is -0.199. The zero-order valence-electron chi connectivity index (χ0n) is 13.3. The molecule has 1 aliphatic heterocycles. The van der Waals surface area contributed by atoms with Crippen LogP contribution in [0.2, 0.25) is 0 Å². The third-order valence-electron chi connectivity index (χ3n) is 3.94. The summed E-state index contributed by atoms with van der Waals surface area (Å²) in [7, 11) is 1.73. The standard InChI is InChI=1S/C17H22N2O2S/c1-4-12(5-2)11-18-16(20)10-15-17(21)19(3)13-8-6-7-9-14(13)22-15/h6-10,12H,4-5,11H2,1-3H3,(H,18,20). The van der Waals surface area contributed by atoms with Crippen molar-refractivity contribution >= 4 is 29.3 Å². The van der Waals surface area contributed by atoms with Crippen LogP contribution in [0.4, 0.5) is 5.69 Å². The number of likely N-dealkylation sites (N-methyl/N-ethyl adjacent to an activating group) is 1. The summed E-state index contributed by atoms with van der Waals surface area (Å²) in [6.07, 6.45) is 3.50. The number of carbonyl (C=O) groups is 2. The van der Waals surface area contributed by atoms with Crippen molar-refractivity contribution in [2.45, 2.75) is 31.6 Å². The van der Waals surface area contributed by atoms with Crippen LogP contribution in [0.3, 0.4) is 0 Å². The lowest BCUT2D eigenvalue weighted by molar-refractivity contribution is -0.118. The fraction of sp³-hybridized carbons (Fsp3) is 0.412. The van der Waals surface area contributed by atoms with Crippen molar-refractivity contribution in [3.8, 4) is 0 Å². The van der Waals surface area contributed by atoms with Crippen LogP contribution in [0.1, 0.15) is 26.7 Å². The molecule has 1 aliphatic rings. The van der Waals surface area contributed by atoms with Crippen LogP contribution in [0.15, 0.2) is 40.1 Å². The molecule has 1 aromatic carbocycles. The molecule has 0 aliphatic carbocycles. The molecule has 0 fully saturated rings. The van der Waals surface area contributed by atoms with Crippen LogP contribution in [0.25, 0.3) is 0 Å². The first kappa shape index (κ1) is 16.6. The predicted octanol–water partition coefficient (Wildman–Crippen LogP) is 3.19. The zero-order chi connectivity index (χ0) is 16.1. The summed E-state index contributed by atoms with van der Waals surface area (Å²) in [5.41, 5.74) is 0.882. The maximum absolute atomic E-state index is 12.3. The van der Waals surface area contributed by atoms with Gasteiger partial charge in [0.25, 0.3) is 5.91 Å². The average Bonchev–Trinajstić information content (AvgIpc) is 2.53. The second kappa shape index (κ2) is 7.49. The van der Waals surface area contributed by atoms with E-state index in [1.165, 1.54) is 17.8 Å². The Labute approximate surface area is 136 Å². The number of para-hydroxylation sites is 1. The number of amides is 2. The second-order valence-corrected chi connectivity index (χ2v) is 6.45. The van der Waals surface area contributed by atoms with Crippen molar-refractivity contribution in [3.63, 3.8) is 0 Å². The normalized spacial score (nSPS) is 16.1. The first-order chi connectivity index (χ1) is 10.6. The van der Waals surface area contributed by atoms with Gasteiger partial charge < -0.3 is 10.2 Å². The lowest BCUT2D eigenvalue weighted by Crippen LogP contribution is -2.32. The molecule has 0 unspecified atom stereocenters. The predicted molar refractivity (Wildman–Crippen MR) is 90.9 cm³/mol. The van der Waals surface area contributed by atoms with Gasteiger partial charge in [0.05, 0.1) is 10.6 Å². The molecular formula is C17H22N2O2S. The zero-order valence-corrected chi connectivity index (χ0v) is 14.1. The van der Waals surface area contributed by atoms with Crippen LogP contribution < -0.4 is 10.2 Å². The molecule has 0 saturated heterocycles. The number of fused-ring (bicyclic) bond motifs is 1. The third-order valence-corrected chi connectivity index (χ3v) is 5.02.